The summed E-state index contributed by atoms with van der Waals surface area (Å²) in [5.41, 5.74) is 1.39. The summed E-state index contributed by atoms with van der Waals surface area (Å²) in [6.45, 7) is 0. The predicted molar refractivity (Wildman–Crippen MR) is 81.0 cm³/mol. The molecule has 0 amide bonds. The number of fused-ring (bicyclic) bond motifs is 3. The van der Waals surface area contributed by atoms with Crippen LogP contribution in [0.1, 0.15) is 11.5 Å². The van der Waals surface area contributed by atoms with E-state index in [-0.39, 0.29) is 11.3 Å². The van der Waals surface area contributed by atoms with Gasteiger partial charge in [0.2, 0.25) is 0 Å². The Morgan fingerprint density at radius 2 is 1.75 bits per heavy atom. The first kappa shape index (κ1) is 11.2. The average molecular weight is 260 g/mol. The van der Waals surface area contributed by atoms with Crippen molar-refractivity contribution >= 4 is 21.7 Å². The van der Waals surface area contributed by atoms with Crippen LogP contribution in [0.2, 0.25) is 0 Å². The maximum Gasteiger partial charge on any atom is 0.197 e. The molecule has 0 bridgehead atoms. The molecule has 0 radical (unpaired) electrons. The second kappa shape index (κ2) is 4.20. The normalized spacial score (nSPS) is 14.6. The van der Waals surface area contributed by atoms with E-state index >= 15 is 0 Å². The van der Waals surface area contributed by atoms with Gasteiger partial charge in [-0.1, -0.05) is 54.6 Å². The van der Waals surface area contributed by atoms with Crippen LogP contribution in [0.5, 0.6) is 0 Å². The molecule has 1 aliphatic rings. The zero-order valence-corrected chi connectivity index (χ0v) is 10.7. The minimum absolute atomic E-state index is 0.0228. The molecule has 4 rings (SSSR count). The Kier molecular flexibility index (Phi) is 2.36. The van der Waals surface area contributed by atoms with E-state index in [2.05, 4.69) is 0 Å². The Balaban J connectivity index is 2.13. The molecule has 1 aliphatic carbocycles. The van der Waals surface area contributed by atoms with E-state index in [1.54, 1.807) is 6.26 Å². The Morgan fingerprint density at radius 3 is 2.60 bits per heavy atom. The van der Waals surface area contributed by atoms with Crippen molar-refractivity contribution in [3.05, 3.63) is 82.8 Å². The molecule has 1 aromatic heterocycles. The number of allylic oxidation sites excluding steroid dienone is 4. The van der Waals surface area contributed by atoms with Gasteiger partial charge in [0.05, 0.1) is 11.6 Å². The van der Waals surface area contributed by atoms with Gasteiger partial charge in [-0.15, -0.1) is 0 Å². The van der Waals surface area contributed by atoms with E-state index in [9.17, 15) is 4.79 Å². The lowest BCUT2D eigenvalue weighted by Gasteiger charge is -2.07. The molecule has 3 aromatic rings. The van der Waals surface area contributed by atoms with Crippen LogP contribution in [0.3, 0.4) is 0 Å². The van der Waals surface area contributed by atoms with Crippen LogP contribution in [-0.2, 0) is 0 Å². The first-order valence-electron chi connectivity index (χ1n) is 6.63. The molecule has 0 aliphatic heterocycles. The van der Waals surface area contributed by atoms with Crippen LogP contribution < -0.4 is 5.43 Å². The first-order chi connectivity index (χ1) is 9.84. The van der Waals surface area contributed by atoms with E-state index in [1.165, 1.54) is 0 Å². The highest BCUT2D eigenvalue weighted by Gasteiger charge is 2.16. The SMILES string of the molecule is O=c1c(C2C=CC=C2)coc2ccc3ccccc3c12. The molecule has 20 heavy (non-hydrogen) atoms. The van der Waals surface area contributed by atoms with Gasteiger partial charge in [-0.2, -0.15) is 0 Å². The molecule has 2 heteroatoms. The van der Waals surface area contributed by atoms with Gasteiger partial charge in [-0.05, 0) is 16.8 Å². The summed E-state index contributed by atoms with van der Waals surface area (Å²) in [5, 5.41) is 2.68. The van der Waals surface area contributed by atoms with Crippen LogP contribution >= 0.6 is 0 Å². The molecule has 1 heterocycles. The van der Waals surface area contributed by atoms with Gasteiger partial charge in [0.15, 0.2) is 5.43 Å². The summed E-state index contributed by atoms with van der Waals surface area (Å²) >= 11 is 0. The molecular formula is C18H12O2. The maximum absolute atomic E-state index is 12.8. The fourth-order valence-corrected chi connectivity index (χ4v) is 2.78. The number of hydrogen-bond acceptors (Lipinski definition) is 2. The number of hydrogen-bond donors (Lipinski definition) is 0. The second-order valence-corrected chi connectivity index (χ2v) is 4.98. The van der Waals surface area contributed by atoms with Crippen molar-refractivity contribution in [2.24, 2.45) is 0 Å². The van der Waals surface area contributed by atoms with E-state index in [4.69, 9.17) is 4.42 Å². The minimum atomic E-state index is 0.0228. The lowest BCUT2D eigenvalue weighted by Crippen LogP contribution is -2.11. The van der Waals surface area contributed by atoms with Gasteiger partial charge >= 0.3 is 0 Å². The van der Waals surface area contributed by atoms with Gasteiger partial charge in [0.1, 0.15) is 5.58 Å². The van der Waals surface area contributed by atoms with E-state index in [0.717, 1.165) is 10.8 Å². The standard InChI is InChI=1S/C18H12O2/c19-18-15(12-5-1-2-6-12)11-20-16-10-9-13-7-3-4-8-14(13)17(16)18/h1-12H. The fraction of sp³-hybridized carbons (Fsp3) is 0.0556. The van der Waals surface area contributed by atoms with E-state index in [1.807, 2.05) is 60.7 Å². The Morgan fingerprint density at radius 1 is 0.950 bits per heavy atom. The van der Waals surface area contributed by atoms with Crippen molar-refractivity contribution < 1.29 is 4.42 Å². The Hall–Kier alpha value is -2.61. The van der Waals surface area contributed by atoms with Crippen molar-refractivity contribution in [3.63, 3.8) is 0 Å². The molecule has 96 valence electrons. The maximum atomic E-state index is 12.8. The third-order valence-corrected chi connectivity index (χ3v) is 3.80. The summed E-state index contributed by atoms with van der Waals surface area (Å²) in [4.78, 5) is 12.8. The Bertz CT molecular complexity index is 917. The molecular weight excluding hydrogens is 248 g/mol. The number of rotatable bonds is 1. The van der Waals surface area contributed by atoms with Crippen LogP contribution in [0, 0.1) is 0 Å². The molecule has 0 atom stereocenters. The molecule has 0 spiro atoms. The molecule has 0 saturated carbocycles. The third kappa shape index (κ3) is 1.55. The van der Waals surface area contributed by atoms with Crippen molar-refractivity contribution in [2.75, 3.05) is 0 Å². The molecule has 0 fully saturated rings. The van der Waals surface area contributed by atoms with Crippen molar-refractivity contribution in [2.45, 2.75) is 5.92 Å². The van der Waals surface area contributed by atoms with Crippen LogP contribution in [0.15, 0.2) is 76.2 Å². The summed E-state index contributed by atoms with van der Waals surface area (Å²) < 4.78 is 5.68. The smallest absolute Gasteiger partial charge is 0.197 e. The zero-order chi connectivity index (χ0) is 13.5. The average Bonchev–Trinajstić information content (AvgIpc) is 3.01. The highest BCUT2D eigenvalue weighted by molar-refractivity contribution is 6.05. The Labute approximate surface area is 115 Å². The molecule has 2 aromatic carbocycles. The van der Waals surface area contributed by atoms with Gasteiger partial charge in [-0.3, -0.25) is 4.79 Å². The van der Waals surface area contributed by atoms with Crippen LogP contribution in [0.4, 0.5) is 0 Å². The minimum Gasteiger partial charge on any atom is -0.464 e. The van der Waals surface area contributed by atoms with Crippen molar-refractivity contribution in [3.8, 4) is 0 Å². The third-order valence-electron chi connectivity index (χ3n) is 3.80. The van der Waals surface area contributed by atoms with Crippen molar-refractivity contribution in [1.29, 1.82) is 0 Å². The zero-order valence-electron chi connectivity index (χ0n) is 10.7. The molecule has 2 nitrogen and oxygen atoms in total. The summed E-state index contributed by atoms with van der Waals surface area (Å²) in [6.07, 6.45) is 9.51. The topological polar surface area (TPSA) is 30.2 Å². The monoisotopic (exact) mass is 260 g/mol. The lowest BCUT2D eigenvalue weighted by molar-refractivity contribution is 0.593. The fourth-order valence-electron chi connectivity index (χ4n) is 2.78. The largest absolute Gasteiger partial charge is 0.464 e. The van der Waals surface area contributed by atoms with E-state index in [0.29, 0.717) is 16.5 Å². The first-order valence-corrected chi connectivity index (χ1v) is 6.63. The molecule has 0 saturated heterocycles. The summed E-state index contributed by atoms with van der Waals surface area (Å²) in [5.74, 6) is 0.0228. The van der Waals surface area contributed by atoms with Gasteiger partial charge < -0.3 is 4.42 Å². The summed E-state index contributed by atoms with van der Waals surface area (Å²) in [6, 6.07) is 11.7. The van der Waals surface area contributed by atoms with Gasteiger partial charge in [-0.25, -0.2) is 0 Å². The molecule has 0 unspecified atom stereocenters. The van der Waals surface area contributed by atoms with Crippen LogP contribution in [-0.4, -0.2) is 0 Å². The quantitative estimate of drug-likeness (QED) is 0.615. The predicted octanol–water partition coefficient (Wildman–Crippen LogP) is 4.16. The second-order valence-electron chi connectivity index (χ2n) is 4.98. The van der Waals surface area contributed by atoms with Gasteiger partial charge in [0.25, 0.3) is 0 Å². The van der Waals surface area contributed by atoms with E-state index < -0.39 is 0 Å². The van der Waals surface area contributed by atoms with Gasteiger partial charge in [0, 0.05) is 11.5 Å². The highest BCUT2D eigenvalue weighted by Crippen LogP contribution is 2.26. The number of benzene rings is 2. The molecule has 0 N–H and O–H groups in total. The summed E-state index contributed by atoms with van der Waals surface area (Å²) in [7, 11) is 0. The highest BCUT2D eigenvalue weighted by atomic mass is 16.3. The van der Waals surface area contributed by atoms with Crippen LogP contribution in [0.25, 0.3) is 21.7 Å². The van der Waals surface area contributed by atoms with Crippen molar-refractivity contribution in [1.82, 2.24) is 0 Å². The lowest BCUT2D eigenvalue weighted by atomic mass is 9.98.